The van der Waals surface area contributed by atoms with Crippen molar-refractivity contribution >= 4 is 0 Å². The highest BCUT2D eigenvalue weighted by Crippen LogP contribution is 2.68. The predicted molar refractivity (Wildman–Crippen MR) is 120 cm³/mol. The Bertz CT molecular complexity index is 573. The first-order chi connectivity index (χ1) is 13.7. The smallest absolute Gasteiger partial charge is 0.0835 e. The van der Waals surface area contributed by atoms with Gasteiger partial charge in [0.25, 0.3) is 0 Å². The third kappa shape index (κ3) is 3.53. The predicted octanol–water partition coefficient (Wildman–Crippen LogP) is 6.44. The summed E-state index contributed by atoms with van der Waals surface area (Å²) < 4.78 is 0. The van der Waals surface area contributed by atoms with Crippen molar-refractivity contribution in [2.24, 2.45) is 52.3 Å². The highest BCUT2D eigenvalue weighted by Gasteiger charge is 2.64. The highest BCUT2D eigenvalue weighted by atomic mass is 16.3. The molecule has 0 bridgehead atoms. The van der Waals surface area contributed by atoms with Crippen molar-refractivity contribution in [1.82, 2.24) is 0 Å². The van der Waals surface area contributed by atoms with Gasteiger partial charge in [0.2, 0.25) is 0 Å². The minimum atomic E-state index is -0.494. The molecule has 0 saturated heterocycles. The van der Waals surface area contributed by atoms with E-state index in [1.807, 2.05) is 0 Å². The van der Waals surface area contributed by atoms with Gasteiger partial charge in [0.1, 0.15) is 0 Å². The number of hydrogen-bond acceptors (Lipinski definition) is 2. The van der Waals surface area contributed by atoms with E-state index in [2.05, 4.69) is 34.6 Å². The molecule has 0 aliphatic heterocycles. The Morgan fingerprint density at radius 1 is 0.759 bits per heavy atom. The van der Waals surface area contributed by atoms with Crippen LogP contribution in [0.3, 0.4) is 0 Å². The topological polar surface area (TPSA) is 40.5 Å². The molecular weight excluding hydrogens is 356 g/mol. The monoisotopic (exact) mass is 404 g/mol. The van der Waals surface area contributed by atoms with Gasteiger partial charge in [0.05, 0.1) is 12.2 Å². The Balaban J connectivity index is 1.54. The van der Waals surface area contributed by atoms with Crippen molar-refractivity contribution in [2.75, 3.05) is 0 Å². The molecule has 4 saturated carbocycles. The van der Waals surface area contributed by atoms with Crippen LogP contribution in [0.2, 0.25) is 0 Å². The van der Waals surface area contributed by atoms with E-state index in [1.165, 1.54) is 64.2 Å². The molecular formula is C27H48O2. The molecule has 2 N–H and O–H groups in total. The van der Waals surface area contributed by atoms with Crippen molar-refractivity contribution in [1.29, 1.82) is 0 Å². The molecule has 4 fully saturated rings. The summed E-state index contributed by atoms with van der Waals surface area (Å²) in [6.45, 7) is 12.2. The Labute approximate surface area is 180 Å². The summed E-state index contributed by atoms with van der Waals surface area (Å²) in [5.74, 6) is 4.31. The van der Waals surface area contributed by atoms with Crippen LogP contribution in [0.15, 0.2) is 0 Å². The third-order valence-corrected chi connectivity index (χ3v) is 10.9. The van der Waals surface area contributed by atoms with Crippen LogP contribution in [0.5, 0.6) is 0 Å². The number of rotatable bonds is 5. The fourth-order valence-electron chi connectivity index (χ4n) is 9.34. The van der Waals surface area contributed by atoms with E-state index in [0.717, 1.165) is 24.2 Å². The number of aliphatic hydroxyl groups is 2. The van der Waals surface area contributed by atoms with E-state index in [-0.39, 0.29) is 5.41 Å². The Kier molecular flexibility index (Phi) is 6.19. The van der Waals surface area contributed by atoms with Gasteiger partial charge in [-0.25, -0.2) is 0 Å². The normalized spacial score (nSPS) is 50.7. The van der Waals surface area contributed by atoms with Gasteiger partial charge < -0.3 is 10.2 Å². The van der Waals surface area contributed by atoms with Crippen LogP contribution in [0, 0.1) is 52.3 Å². The SMILES string of the molecule is CC(C)CCC[C@@H](C)[C@@H]1CC[C@@H]2[C@@H]3[C@H](O)[C@H](O)[C@H]4CCCC[C@]4(C)[C@H]3CC[C@@]21C. The average Bonchev–Trinajstić information content (AvgIpc) is 3.02. The molecule has 2 heteroatoms. The average molecular weight is 405 g/mol. The summed E-state index contributed by atoms with van der Waals surface area (Å²) in [6, 6.07) is 0. The van der Waals surface area contributed by atoms with Crippen LogP contribution in [-0.4, -0.2) is 22.4 Å². The summed E-state index contributed by atoms with van der Waals surface area (Å²) in [6.07, 6.45) is 13.3. The zero-order valence-electron chi connectivity index (χ0n) is 19.9. The molecule has 0 unspecified atom stereocenters. The fraction of sp³-hybridized carbons (Fsp3) is 1.00. The third-order valence-electron chi connectivity index (χ3n) is 10.9. The maximum absolute atomic E-state index is 11.4. The Morgan fingerprint density at radius 3 is 2.21 bits per heavy atom. The lowest BCUT2D eigenvalue weighted by Gasteiger charge is -2.63. The van der Waals surface area contributed by atoms with Crippen LogP contribution in [0.25, 0.3) is 0 Å². The summed E-state index contributed by atoms with van der Waals surface area (Å²) in [5.41, 5.74) is 0.626. The number of hydrogen-bond donors (Lipinski definition) is 2. The largest absolute Gasteiger partial charge is 0.390 e. The molecule has 2 nitrogen and oxygen atoms in total. The fourth-order valence-corrected chi connectivity index (χ4v) is 9.34. The van der Waals surface area contributed by atoms with Crippen molar-refractivity contribution < 1.29 is 10.2 Å². The molecule has 10 atom stereocenters. The van der Waals surface area contributed by atoms with E-state index < -0.39 is 12.2 Å². The molecule has 0 aromatic heterocycles. The second-order valence-electron chi connectivity index (χ2n) is 12.7. The van der Waals surface area contributed by atoms with E-state index in [1.54, 1.807) is 0 Å². The van der Waals surface area contributed by atoms with Crippen molar-refractivity contribution in [3.63, 3.8) is 0 Å². The first kappa shape index (κ1) is 22.1. The first-order valence-electron chi connectivity index (χ1n) is 13.1. The number of fused-ring (bicyclic) bond motifs is 5. The second-order valence-corrected chi connectivity index (χ2v) is 12.7. The Morgan fingerprint density at radius 2 is 1.48 bits per heavy atom. The molecule has 0 spiro atoms. The number of aliphatic hydroxyl groups excluding tert-OH is 2. The van der Waals surface area contributed by atoms with Crippen molar-refractivity contribution in [3.05, 3.63) is 0 Å². The van der Waals surface area contributed by atoms with Gasteiger partial charge in [0, 0.05) is 0 Å². The van der Waals surface area contributed by atoms with Crippen LogP contribution < -0.4 is 0 Å². The lowest BCUT2D eigenvalue weighted by molar-refractivity contribution is -0.215. The molecule has 0 heterocycles. The first-order valence-corrected chi connectivity index (χ1v) is 13.1. The van der Waals surface area contributed by atoms with Gasteiger partial charge in [0.15, 0.2) is 0 Å². The minimum absolute atomic E-state index is 0.254. The maximum Gasteiger partial charge on any atom is 0.0835 e. The van der Waals surface area contributed by atoms with E-state index >= 15 is 0 Å². The zero-order chi connectivity index (χ0) is 21.0. The maximum atomic E-state index is 11.4. The molecule has 4 aliphatic carbocycles. The van der Waals surface area contributed by atoms with Gasteiger partial charge in [-0.2, -0.15) is 0 Å². The van der Waals surface area contributed by atoms with Gasteiger partial charge in [-0.3, -0.25) is 0 Å². The highest BCUT2D eigenvalue weighted by molar-refractivity contribution is 5.13. The van der Waals surface area contributed by atoms with Crippen molar-refractivity contribution in [2.45, 2.75) is 117 Å². The summed E-state index contributed by atoms with van der Waals surface area (Å²) in [5, 5.41) is 22.5. The molecule has 29 heavy (non-hydrogen) atoms. The standard InChI is InChI=1S/C27H48O2/c1-17(2)9-8-10-18(3)19-12-13-20-23-21(14-16-27(19,20)5)26(4)15-7-6-11-22(26)24(28)25(23)29/h17-25,28-29H,6-16H2,1-5H3/t18-,19+,20-,21+,22-,23+,24-,25+,26-,27-/m1/s1. The molecule has 0 aromatic carbocycles. The molecule has 0 amide bonds. The summed E-state index contributed by atoms with van der Waals surface area (Å²) >= 11 is 0. The summed E-state index contributed by atoms with van der Waals surface area (Å²) in [4.78, 5) is 0. The van der Waals surface area contributed by atoms with Crippen LogP contribution in [0.4, 0.5) is 0 Å². The van der Waals surface area contributed by atoms with Gasteiger partial charge in [-0.1, -0.05) is 66.7 Å². The quantitative estimate of drug-likeness (QED) is 0.553. The summed E-state index contributed by atoms with van der Waals surface area (Å²) in [7, 11) is 0. The molecule has 0 aromatic rings. The van der Waals surface area contributed by atoms with Gasteiger partial charge >= 0.3 is 0 Å². The van der Waals surface area contributed by atoms with Crippen LogP contribution in [0.1, 0.15) is 105 Å². The van der Waals surface area contributed by atoms with E-state index in [0.29, 0.717) is 29.1 Å². The van der Waals surface area contributed by atoms with Crippen LogP contribution in [-0.2, 0) is 0 Å². The molecule has 168 valence electrons. The van der Waals surface area contributed by atoms with Gasteiger partial charge in [-0.15, -0.1) is 0 Å². The lowest BCUT2D eigenvalue weighted by atomic mass is 9.43. The zero-order valence-corrected chi connectivity index (χ0v) is 19.9. The lowest BCUT2D eigenvalue weighted by Crippen LogP contribution is -2.63. The molecule has 4 aliphatic rings. The van der Waals surface area contributed by atoms with Gasteiger partial charge in [-0.05, 0) is 90.8 Å². The minimum Gasteiger partial charge on any atom is -0.390 e. The van der Waals surface area contributed by atoms with E-state index in [9.17, 15) is 10.2 Å². The van der Waals surface area contributed by atoms with Crippen LogP contribution >= 0.6 is 0 Å². The molecule has 4 rings (SSSR count). The van der Waals surface area contributed by atoms with Crippen molar-refractivity contribution in [3.8, 4) is 0 Å². The van der Waals surface area contributed by atoms with E-state index in [4.69, 9.17) is 0 Å². The second kappa shape index (κ2) is 8.12. The molecule has 0 radical (unpaired) electrons. The Hall–Kier alpha value is -0.0800.